The lowest BCUT2D eigenvalue weighted by Gasteiger charge is -2.29. The first kappa shape index (κ1) is 14.2. The van der Waals surface area contributed by atoms with Crippen LogP contribution in [0.4, 0.5) is 0 Å². The summed E-state index contributed by atoms with van der Waals surface area (Å²) >= 11 is 5.89. The Morgan fingerprint density at radius 3 is 2.06 bits per heavy atom. The fraction of sp³-hybridized carbons (Fsp3) is 0.933. The van der Waals surface area contributed by atoms with Crippen LogP contribution >= 0.6 is 11.6 Å². The quantitative estimate of drug-likeness (QED) is 0.715. The van der Waals surface area contributed by atoms with Crippen molar-refractivity contribution in [3.8, 4) is 0 Å². The second-order valence-corrected chi connectivity index (χ2v) is 7.41. The van der Waals surface area contributed by atoms with Gasteiger partial charge in [-0.3, -0.25) is 4.79 Å². The van der Waals surface area contributed by atoms with E-state index in [0.29, 0.717) is 24.4 Å². The molecule has 2 aliphatic rings. The Kier molecular flexibility index (Phi) is 3.70. The average molecular weight is 272 g/mol. The molecule has 3 heteroatoms. The molecule has 2 rings (SSSR count). The van der Waals surface area contributed by atoms with Crippen LogP contribution in [0, 0.1) is 16.7 Å². The molecule has 2 aliphatic carbocycles. The highest BCUT2D eigenvalue weighted by atomic mass is 35.5. The number of alkyl halides is 1. The lowest BCUT2D eigenvalue weighted by molar-refractivity contribution is -0.135. The van der Waals surface area contributed by atoms with E-state index in [0.717, 1.165) is 12.8 Å². The molecule has 0 radical (unpaired) electrons. The van der Waals surface area contributed by atoms with Gasteiger partial charge in [-0.25, -0.2) is 0 Å². The summed E-state index contributed by atoms with van der Waals surface area (Å²) in [6, 6.07) is 0.448. The van der Waals surface area contributed by atoms with Gasteiger partial charge in [-0.2, -0.15) is 0 Å². The molecule has 0 saturated heterocycles. The Morgan fingerprint density at radius 1 is 1.17 bits per heavy atom. The van der Waals surface area contributed by atoms with E-state index in [4.69, 9.17) is 11.6 Å². The van der Waals surface area contributed by atoms with E-state index in [-0.39, 0.29) is 16.7 Å². The first-order valence-corrected chi connectivity index (χ1v) is 7.74. The minimum atomic E-state index is 0.132. The van der Waals surface area contributed by atoms with Crippen LogP contribution in [-0.2, 0) is 4.79 Å². The zero-order valence-electron chi connectivity index (χ0n) is 12.1. The first-order chi connectivity index (χ1) is 8.34. The molecule has 0 aromatic heterocycles. The third kappa shape index (κ3) is 2.07. The predicted molar refractivity (Wildman–Crippen MR) is 75.7 cm³/mol. The largest absolute Gasteiger partial charge is 0.338 e. The minimum absolute atomic E-state index is 0.132. The van der Waals surface area contributed by atoms with Gasteiger partial charge < -0.3 is 4.90 Å². The van der Waals surface area contributed by atoms with E-state index in [1.54, 1.807) is 0 Å². The van der Waals surface area contributed by atoms with Crippen molar-refractivity contribution in [2.75, 3.05) is 12.4 Å². The average Bonchev–Trinajstić information content (AvgIpc) is 2.70. The molecule has 0 aromatic rings. The number of amides is 1. The van der Waals surface area contributed by atoms with E-state index in [9.17, 15) is 4.79 Å². The predicted octanol–water partition coefficient (Wildman–Crippen LogP) is 3.68. The molecule has 0 spiro atoms. The molecule has 2 saturated carbocycles. The Bertz CT molecular complexity index is 317. The van der Waals surface area contributed by atoms with E-state index in [1.807, 2.05) is 0 Å². The SMILES string of the molecule is CC1(C)C(C(=O)N(CCCl)C2CCCC2)C1(C)C. The van der Waals surface area contributed by atoms with Gasteiger partial charge in [-0.05, 0) is 23.7 Å². The van der Waals surface area contributed by atoms with Crippen LogP contribution in [0.1, 0.15) is 53.4 Å². The lowest BCUT2D eigenvalue weighted by Crippen LogP contribution is -2.42. The maximum Gasteiger partial charge on any atom is 0.227 e. The van der Waals surface area contributed by atoms with E-state index < -0.39 is 0 Å². The van der Waals surface area contributed by atoms with Gasteiger partial charge in [0.1, 0.15) is 0 Å². The van der Waals surface area contributed by atoms with Crippen LogP contribution in [0.15, 0.2) is 0 Å². The highest BCUT2D eigenvalue weighted by Crippen LogP contribution is 2.68. The number of rotatable bonds is 4. The summed E-state index contributed by atoms with van der Waals surface area (Å²) in [4.78, 5) is 14.9. The van der Waals surface area contributed by atoms with E-state index >= 15 is 0 Å². The zero-order chi connectivity index (χ0) is 13.6. The fourth-order valence-electron chi connectivity index (χ4n) is 3.76. The molecule has 2 fully saturated rings. The van der Waals surface area contributed by atoms with Gasteiger partial charge in [0.25, 0.3) is 0 Å². The number of carbonyl (C=O) groups is 1. The summed E-state index contributed by atoms with van der Waals surface area (Å²) in [5, 5.41) is 0. The zero-order valence-corrected chi connectivity index (χ0v) is 12.9. The molecule has 1 amide bonds. The Hall–Kier alpha value is -0.240. The van der Waals surface area contributed by atoms with Gasteiger partial charge in [0.2, 0.25) is 5.91 Å². The van der Waals surface area contributed by atoms with Crippen molar-refractivity contribution < 1.29 is 4.79 Å². The molecular weight excluding hydrogens is 246 g/mol. The lowest BCUT2D eigenvalue weighted by atomic mass is 10.0. The minimum Gasteiger partial charge on any atom is -0.338 e. The number of halogens is 1. The third-order valence-corrected chi connectivity index (χ3v) is 5.81. The molecule has 0 heterocycles. The van der Waals surface area contributed by atoms with Gasteiger partial charge in [-0.15, -0.1) is 11.6 Å². The highest BCUT2D eigenvalue weighted by molar-refractivity contribution is 6.18. The van der Waals surface area contributed by atoms with Crippen molar-refractivity contribution in [2.45, 2.75) is 59.4 Å². The Labute approximate surface area is 116 Å². The number of nitrogens with zero attached hydrogens (tertiary/aromatic N) is 1. The van der Waals surface area contributed by atoms with E-state index in [2.05, 4.69) is 32.6 Å². The maximum absolute atomic E-state index is 12.8. The van der Waals surface area contributed by atoms with Crippen LogP contribution in [0.2, 0.25) is 0 Å². The summed E-state index contributed by atoms with van der Waals surface area (Å²) in [5.74, 6) is 1.07. The number of hydrogen-bond acceptors (Lipinski definition) is 1. The van der Waals surface area contributed by atoms with Crippen molar-refractivity contribution in [3.05, 3.63) is 0 Å². The smallest absolute Gasteiger partial charge is 0.227 e. The number of carbonyl (C=O) groups excluding carboxylic acids is 1. The molecule has 104 valence electrons. The second kappa shape index (κ2) is 4.70. The summed E-state index contributed by atoms with van der Waals surface area (Å²) in [6.45, 7) is 9.56. The van der Waals surface area contributed by atoms with Gasteiger partial charge in [0, 0.05) is 24.4 Å². The van der Waals surface area contributed by atoms with Crippen LogP contribution in [-0.4, -0.2) is 29.3 Å². The van der Waals surface area contributed by atoms with E-state index in [1.165, 1.54) is 12.8 Å². The summed E-state index contributed by atoms with van der Waals surface area (Å²) in [6.07, 6.45) is 4.84. The summed E-state index contributed by atoms with van der Waals surface area (Å²) in [7, 11) is 0. The molecule has 0 N–H and O–H groups in total. The Morgan fingerprint density at radius 2 is 1.67 bits per heavy atom. The summed E-state index contributed by atoms with van der Waals surface area (Å²) in [5.41, 5.74) is 0.264. The molecule has 0 unspecified atom stereocenters. The third-order valence-electron chi connectivity index (χ3n) is 5.64. The van der Waals surface area contributed by atoms with Crippen molar-refractivity contribution in [1.29, 1.82) is 0 Å². The van der Waals surface area contributed by atoms with Crippen LogP contribution in [0.25, 0.3) is 0 Å². The molecule has 18 heavy (non-hydrogen) atoms. The van der Waals surface area contributed by atoms with Gasteiger partial charge >= 0.3 is 0 Å². The monoisotopic (exact) mass is 271 g/mol. The molecule has 0 aliphatic heterocycles. The highest BCUT2D eigenvalue weighted by Gasteiger charge is 2.69. The fourth-order valence-corrected chi connectivity index (χ4v) is 3.94. The van der Waals surface area contributed by atoms with Crippen LogP contribution < -0.4 is 0 Å². The molecule has 0 aromatic carbocycles. The maximum atomic E-state index is 12.8. The first-order valence-electron chi connectivity index (χ1n) is 7.20. The molecule has 2 nitrogen and oxygen atoms in total. The summed E-state index contributed by atoms with van der Waals surface area (Å²) < 4.78 is 0. The van der Waals surface area contributed by atoms with Crippen molar-refractivity contribution >= 4 is 17.5 Å². The molecule has 0 atom stereocenters. The molecular formula is C15H26ClNO. The van der Waals surface area contributed by atoms with Crippen LogP contribution in [0.3, 0.4) is 0 Å². The molecule has 0 bridgehead atoms. The normalized spacial score (nSPS) is 26.3. The van der Waals surface area contributed by atoms with Crippen molar-refractivity contribution in [1.82, 2.24) is 4.90 Å². The standard InChI is InChI=1S/C15H26ClNO/c1-14(2)12(15(14,3)4)13(18)17(10-9-16)11-7-5-6-8-11/h11-12H,5-10H2,1-4H3. The topological polar surface area (TPSA) is 20.3 Å². The number of hydrogen-bond donors (Lipinski definition) is 0. The Balaban J connectivity index is 2.10. The van der Waals surface area contributed by atoms with Gasteiger partial charge in [-0.1, -0.05) is 40.5 Å². The second-order valence-electron chi connectivity index (χ2n) is 7.04. The van der Waals surface area contributed by atoms with Crippen molar-refractivity contribution in [2.24, 2.45) is 16.7 Å². The van der Waals surface area contributed by atoms with Crippen LogP contribution in [0.5, 0.6) is 0 Å². The van der Waals surface area contributed by atoms with Gasteiger partial charge in [0.15, 0.2) is 0 Å². The van der Waals surface area contributed by atoms with Gasteiger partial charge in [0.05, 0.1) is 0 Å². The van der Waals surface area contributed by atoms with Crippen molar-refractivity contribution in [3.63, 3.8) is 0 Å².